The van der Waals surface area contributed by atoms with Crippen molar-refractivity contribution in [3.8, 4) is 0 Å². The molecule has 0 amide bonds. The quantitative estimate of drug-likeness (QED) is 0.797. The van der Waals surface area contributed by atoms with Crippen molar-refractivity contribution in [3.05, 3.63) is 35.9 Å². The summed E-state index contributed by atoms with van der Waals surface area (Å²) in [6.45, 7) is 0.702. The van der Waals surface area contributed by atoms with Crippen LogP contribution in [0.25, 0.3) is 0 Å². The van der Waals surface area contributed by atoms with E-state index in [0.717, 1.165) is 5.17 Å². The van der Waals surface area contributed by atoms with Gasteiger partial charge in [-0.2, -0.15) is 0 Å². The van der Waals surface area contributed by atoms with Gasteiger partial charge in [0.2, 0.25) is 0 Å². The molecular formula is C12H15N3O2S2. The van der Waals surface area contributed by atoms with Crippen LogP contribution in [0, 0.1) is 0 Å². The molecule has 2 aliphatic rings. The molecule has 2 atom stereocenters. The summed E-state index contributed by atoms with van der Waals surface area (Å²) in [6.07, 6.45) is 0. The van der Waals surface area contributed by atoms with Gasteiger partial charge in [-0.25, -0.2) is 13.8 Å². The smallest absolute Gasteiger partial charge is 0.171 e. The van der Waals surface area contributed by atoms with Crippen molar-refractivity contribution < 1.29 is 8.42 Å². The first-order valence-corrected chi connectivity index (χ1v) is 8.80. The fourth-order valence-corrected chi connectivity index (χ4v) is 5.86. The Labute approximate surface area is 116 Å². The summed E-state index contributed by atoms with van der Waals surface area (Å²) in [5, 5.41) is 0.881. The summed E-state index contributed by atoms with van der Waals surface area (Å²) < 4.78 is 22.9. The minimum Gasteiger partial charge on any atom is -0.300 e. The molecule has 0 saturated carbocycles. The van der Waals surface area contributed by atoms with Crippen LogP contribution in [-0.4, -0.2) is 36.4 Å². The molecule has 0 spiro atoms. The van der Waals surface area contributed by atoms with Crippen molar-refractivity contribution in [1.82, 2.24) is 10.9 Å². The number of hydrogen-bond donors (Lipinski definition) is 2. The monoisotopic (exact) mass is 297 g/mol. The molecule has 1 fully saturated rings. The largest absolute Gasteiger partial charge is 0.300 e. The van der Waals surface area contributed by atoms with Crippen LogP contribution in [0.5, 0.6) is 0 Å². The highest BCUT2D eigenvalue weighted by Gasteiger charge is 2.42. The van der Waals surface area contributed by atoms with Gasteiger partial charge in [-0.3, -0.25) is 4.99 Å². The van der Waals surface area contributed by atoms with E-state index >= 15 is 0 Å². The lowest BCUT2D eigenvalue weighted by atomic mass is 10.2. The Kier molecular flexibility index (Phi) is 3.51. The van der Waals surface area contributed by atoms with Crippen LogP contribution >= 0.6 is 11.8 Å². The average Bonchev–Trinajstić information content (AvgIpc) is 2.83. The van der Waals surface area contributed by atoms with E-state index in [1.165, 1.54) is 17.3 Å². The number of nitrogens with zero attached hydrogens (tertiary/aromatic N) is 1. The standard InChI is InChI=1S/C12H15N3O2S2/c16-19(17)7-10-11(8-19)18-12(14-10)15-13-6-9-4-2-1-3-5-9/h1-5,10-11,13H,6-8H2,(H,14,15)/t10-,11-/m1/s1. The van der Waals surface area contributed by atoms with Crippen LogP contribution in [0.4, 0.5) is 0 Å². The predicted molar refractivity (Wildman–Crippen MR) is 77.7 cm³/mol. The highest BCUT2D eigenvalue weighted by molar-refractivity contribution is 8.15. The van der Waals surface area contributed by atoms with Crippen LogP contribution in [0.2, 0.25) is 0 Å². The summed E-state index contributed by atoms with van der Waals surface area (Å²) >= 11 is 1.52. The summed E-state index contributed by atoms with van der Waals surface area (Å²) in [4.78, 5) is 4.40. The molecule has 0 aliphatic carbocycles. The second kappa shape index (κ2) is 5.15. The first kappa shape index (κ1) is 13.0. The summed E-state index contributed by atoms with van der Waals surface area (Å²) in [6, 6.07) is 9.98. The molecule has 1 aromatic rings. The normalized spacial score (nSPS) is 27.9. The maximum absolute atomic E-state index is 11.4. The molecular weight excluding hydrogens is 282 g/mol. The zero-order chi connectivity index (χ0) is 13.3. The maximum atomic E-state index is 11.4. The number of amidine groups is 1. The highest BCUT2D eigenvalue weighted by Crippen LogP contribution is 2.33. The molecule has 1 saturated heterocycles. The SMILES string of the molecule is O=S1(=O)C[C@H]2N=C(NNCc3ccccc3)S[C@@H]2C1. The number of sulfone groups is 1. The van der Waals surface area contributed by atoms with Gasteiger partial charge in [0, 0.05) is 11.8 Å². The lowest BCUT2D eigenvalue weighted by molar-refractivity contribution is 0.601. The van der Waals surface area contributed by atoms with Crippen molar-refractivity contribution >= 4 is 26.8 Å². The van der Waals surface area contributed by atoms with Crippen molar-refractivity contribution in [1.29, 1.82) is 0 Å². The van der Waals surface area contributed by atoms with E-state index in [9.17, 15) is 8.42 Å². The highest BCUT2D eigenvalue weighted by atomic mass is 32.2. The minimum atomic E-state index is -2.87. The molecule has 102 valence electrons. The van der Waals surface area contributed by atoms with E-state index in [1.54, 1.807) is 0 Å². The van der Waals surface area contributed by atoms with Crippen molar-refractivity contribution in [2.45, 2.75) is 17.8 Å². The van der Waals surface area contributed by atoms with Crippen molar-refractivity contribution in [3.63, 3.8) is 0 Å². The molecule has 2 heterocycles. The number of hydrogen-bond acceptors (Lipinski definition) is 6. The molecule has 5 nitrogen and oxygen atoms in total. The lowest BCUT2D eigenvalue weighted by Gasteiger charge is -2.08. The molecule has 7 heteroatoms. The Bertz CT molecular complexity index is 586. The molecule has 0 aromatic heterocycles. The van der Waals surface area contributed by atoms with Crippen LogP contribution < -0.4 is 10.9 Å². The van der Waals surface area contributed by atoms with Crippen LogP contribution in [0.3, 0.4) is 0 Å². The number of hydrazine groups is 1. The van der Waals surface area contributed by atoms with E-state index in [0.29, 0.717) is 6.54 Å². The third kappa shape index (κ3) is 3.10. The van der Waals surface area contributed by atoms with Crippen LogP contribution in [-0.2, 0) is 16.4 Å². The predicted octanol–water partition coefficient (Wildman–Crippen LogP) is 0.549. The molecule has 2 aliphatic heterocycles. The molecule has 1 aromatic carbocycles. The maximum Gasteiger partial charge on any atom is 0.171 e. The first-order chi connectivity index (χ1) is 9.12. The molecule has 0 radical (unpaired) electrons. The van der Waals surface area contributed by atoms with Crippen molar-refractivity contribution in [2.75, 3.05) is 11.5 Å². The number of benzene rings is 1. The summed E-state index contributed by atoms with van der Waals surface area (Å²) in [5.41, 5.74) is 7.34. The Morgan fingerprint density at radius 2 is 2.05 bits per heavy atom. The summed E-state index contributed by atoms with van der Waals surface area (Å²) in [7, 11) is -2.87. The van der Waals surface area contributed by atoms with Crippen LogP contribution in [0.1, 0.15) is 5.56 Å². The molecule has 19 heavy (non-hydrogen) atoms. The van der Waals surface area contributed by atoms with Gasteiger partial charge in [0.05, 0.1) is 17.5 Å². The Hall–Kier alpha value is -1.05. The van der Waals surface area contributed by atoms with E-state index in [2.05, 4.69) is 15.8 Å². The second-order valence-electron chi connectivity index (χ2n) is 4.70. The Balaban J connectivity index is 1.51. The number of nitrogens with one attached hydrogen (secondary N) is 2. The first-order valence-electron chi connectivity index (χ1n) is 6.10. The zero-order valence-corrected chi connectivity index (χ0v) is 11.9. The van der Waals surface area contributed by atoms with Gasteiger partial charge < -0.3 is 5.43 Å². The van der Waals surface area contributed by atoms with Gasteiger partial charge in [0.15, 0.2) is 15.0 Å². The zero-order valence-electron chi connectivity index (χ0n) is 10.2. The van der Waals surface area contributed by atoms with E-state index in [1.807, 2.05) is 30.3 Å². The molecule has 0 bridgehead atoms. The number of thioether (sulfide) groups is 1. The number of aliphatic imine (C=N–C) groups is 1. The van der Waals surface area contributed by atoms with Crippen molar-refractivity contribution in [2.24, 2.45) is 4.99 Å². The van der Waals surface area contributed by atoms with Gasteiger partial charge in [-0.15, -0.1) is 0 Å². The van der Waals surface area contributed by atoms with E-state index in [-0.39, 0.29) is 22.8 Å². The van der Waals surface area contributed by atoms with Gasteiger partial charge in [0.1, 0.15) is 0 Å². The topological polar surface area (TPSA) is 70.6 Å². The summed E-state index contributed by atoms with van der Waals surface area (Å²) in [5.74, 6) is 0.435. The van der Waals surface area contributed by atoms with Gasteiger partial charge >= 0.3 is 0 Å². The van der Waals surface area contributed by atoms with Gasteiger partial charge in [-0.1, -0.05) is 42.1 Å². The molecule has 3 rings (SSSR count). The minimum absolute atomic E-state index is 0.0731. The molecule has 0 unspecified atom stereocenters. The van der Waals surface area contributed by atoms with E-state index < -0.39 is 9.84 Å². The number of fused-ring (bicyclic) bond motifs is 1. The van der Waals surface area contributed by atoms with E-state index in [4.69, 9.17) is 0 Å². The fraction of sp³-hybridized carbons (Fsp3) is 0.417. The Morgan fingerprint density at radius 1 is 1.26 bits per heavy atom. The lowest BCUT2D eigenvalue weighted by Crippen LogP contribution is -2.34. The third-order valence-electron chi connectivity index (χ3n) is 3.15. The fourth-order valence-electron chi connectivity index (χ4n) is 2.23. The van der Waals surface area contributed by atoms with Gasteiger partial charge in [0.25, 0.3) is 0 Å². The van der Waals surface area contributed by atoms with Gasteiger partial charge in [-0.05, 0) is 5.56 Å². The average molecular weight is 297 g/mol. The second-order valence-corrected chi connectivity index (χ2v) is 8.08. The third-order valence-corrected chi connectivity index (χ3v) is 6.29. The van der Waals surface area contributed by atoms with Crippen LogP contribution in [0.15, 0.2) is 35.3 Å². The molecule has 2 N–H and O–H groups in total. The Morgan fingerprint density at radius 3 is 2.79 bits per heavy atom. The number of rotatable bonds is 3.